The SMILES string of the molecule is CN(C)C(=O)Cc1c(-c2ccc(Cl)cc2)nc2n1-c1ccccc1CCC2. The number of rotatable bonds is 3. The summed E-state index contributed by atoms with van der Waals surface area (Å²) >= 11 is 6.07. The van der Waals surface area contributed by atoms with Crippen LogP contribution >= 0.6 is 11.6 Å². The maximum absolute atomic E-state index is 12.6. The number of imidazole rings is 1. The number of benzene rings is 2. The van der Waals surface area contributed by atoms with E-state index >= 15 is 0 Å². The Morgan fingerprint density at radius 1 is 1.11 bits per heavy atom. The van der Waals surface area contributed by atoms with E-state index in [2.05, 4.69) is 22.8 Å². The number of carbonyl (C=O) groups excluding carboxylic acids is 1. The van der Waals surface area contributed by atoms with Crippen LogP contribution in [0.5, 0.6) is 0 Å². The quantitative estimate of drug-likeness (QED) is 0.680. The molecule has 4 nitrogen and oxygen atoms in total. The molecule has 2 heterocycles. The van der Waals surface area contributed by atoms with E-state index in [1.54, 1.807) is 19.0 Å². The van der Waals surface area contributed by atoms with Gasteiger partial charge in [0.1, 0.15) is 5.82 Å². The Morgan fingerprint density at radius 3 is 2.59 bits per heavy atom. The minimum absolute atomic E-state index is 0.0645. The van der Waals surface area contributed by atoms with Crippen LogP contribution in [0.1, 0.15) is 23.5 Å². The number of nitrogens with zero attached hydrogens (tertiary/aromatic N) is 3. The van der Waals surface area contributed by atoms with Gasteiger partial charge in [0.15, 0.2) is 0 Å². The van der Waals surface area contributed by atoms with Gasteiger partial charge in [0.2, 0.25) is 5.91 Å². The lowest BCUT2D eigenvalue weighted by Gasteiger charge is -2.16. The van der Waals surface area contributed by atoms with Crippen LogP contribution in [0, 0.1) is 0 Å². The maximum Gasteiger partial charge on any atom is 0.228 e. The highest BCUT2D eigenvalue weighted by Gasteiger charge is 2.25. The molecule has 4 rings (SSSR count). The minimum atomic E-state index is 0.0645. The van der Waals surface area contributed by atoms with Gasteiger partial charge in [0.05, 0.1) is 23.5 Å². The molecule has 0 fully saturated rings. The second-order valence-electron chi connectivity index (χ2n) is 7.11. The molecule has 1 aromatic heterocycles. The van der Waals surface area contributed by atoms with E-state index < -0.39 is 0 Å². The van der Waals surface area contributed by atoms with Crippen molar-refractivity contribution in [2.24, 2.45) is 0 Å². The fourth-order valence-corrected chi connectivity index (χ4v) is 3.76. The number of likely N-dealkylation sites (N-methyl/N-ethyl adjacent to an activating group) is 1. The van der Waals surface area contributed by atoms with Gasteiger partial charge in [0.25, 0.3) is 0 Å². The number of hydrogen-bond acceptors (Lipinski definition) is 2. The maximum atomic E-state index is 12.6. The van der Waals surface area contributed by atoms with Gasteiger partial charge in [-0.1, -0.05) is 41.9 Å². The lowest BCUT2D eigenvalue weighted by atomic mass is 10.1. The Hall–Kier alpha value is -2.59. The minimum Gasteiger partial charge on any atom is -0.348 e. The molecule has 0 atom stereocenters. The number of amides is 1. The fourth-order valence-electron chi connectivity index (χ4n) is 3.64. The lowest BCUT2D eigenvalue weighted by Crippen LogP contribution is -2.25. The van der Waals surface area contributed by atoms with E-state index in [9.17, 15) is 4.79 Å². The predicted octanol–water partition coefficient (Wildman–Crippen LogP) is 4.31. The smallest absolute Gasteiger partial charge is 0.228 e. The summed E-state index contributed by atoms with van der Waals surface area (Å²) in [6.45, 7) is 0. The second kappa shape index (κ2) is 7.20. The first-order valence-electron chi connectivity index (χ1n) is 9.19. The first-order chi connectivity index (χ1) is 13.0. The predicted molar refractivity (Wildman–Crippen MR) is 108 cm³/mol. The van der Waals surface area contributed by atoms with E-state index in [0.29, 0.717) is 11.4 Å². The first-order valence-corrected chi connectivity index (χ1v) is 9.57. The monoisotopic (exact) mass is 379 g/mol. The van der Waals surface area contributed by atoms with E-state index in [0.717, 1.165) is 47.7 Å². The van der Waals surface area contributed by atoms with Crippen molar-refractivity contribution < 1.29 is 4.79 Å². The van der Waals surface area contributed by atoms with Crippen LogP contribution in [0.25, 0.3) is 16.9 Å². The standard InChI is InChI=1S/C22H22ClN3O/c1-25(2)21(27)14-19-22(16-10-12-17(23)13-11-16)24-20-9-5-7-15-6-3-4-8-18(15)26(19)20/h3-4,6,8,10-13H,5,7,9,14H2,1-2H3. The highest BCUT2D eigenvalue weighted by Crippen LogP contribution is 2.32. The van der Waals surface area contributed by atoms with Crippen molar-refractivity contribution in [3.63, 3.8) is 0 Å². The van der Waals surface area contributed by atoms with Gasteiger partial charge in [-0.3, -0.25) is 9.36 Å². The van der Waals surface area contributed by atoms with Gasteiger partial charge in [-0.15, -0.1) is 0 Å². The van der Waals surface area contributed by atoms with Crippen molar-refractivity contribution in [3.05, 3.63) is 70.6 Å². The second-order valence-corrected chi connectivity index (χ2v) is 7.55. The van der Waals surface area contributed by atoms with Crippen molar-refractivity contribution in [1.82, 2.24) is 14.5 Å². The number of carbonyl (C=O) groups is 1. The summed E-state index contributed by atoms with van der Waals surface area (Å²) in [6.07, 6.45) is 3.28. The Morgan fingerprint density at radius 2 is 1.85 bits per heavy atom. The summed E-state index contributed by atoms with van der Waals surface area (Å²) in [5, 5.41) is 0.691. The molecule has 5 heteroatoms. The summed E-state index contributed by atoms with van der Waals surface area (Å²) in [6, 6.07) is 16.1. The Labute approximate surface area is 164 Å². The third-order valence-corrected chi connectivity index (χ3v) is 5.31. The van der Waals surface area contributed by atoms with Crippen LogP contribution in [0.4, 0.5) is 0 Å². The number of aromatic nitrogens is 2. The molecule has 2 aromatic carbocycles. The van der Waals surface area contributed by atoms with Gasteiger partial charge < -0.3 is 4.90 Å². The van der Waals surface area contributed by atoms with Crippen LogP contribution in [-0.2, 0) is 24.1 Å². The van der Waals surface area contributed by atoms with Crippen molar-refractivity contribution in [3.8, 4) is 16.9 Å². The van der Waals surface area contributed by atoms with Gasteiger partial charge in [-0.25, -0.2) is 4.98 Å². The molecule has 0 aliphatic carbocycles. The molecule has 0 spiro atoms. The van der Waals surface area contributed by atoms with Crippen LogP contribution in [0.2, 0.25) is 5.02 Å². The summed E-state index contributed by atoms with van der Waals surface area (Å²) < 4.78 is 2.20. The molecule has 1 aliphatic heterocycles. The van der Waals surface area contributed by atoms with Crippen molar-refractivity contribution in [2.45, 2.75) is 25.7 Å². The normalized spacial score (nSPS) is 12.9. The lowest BCUT2D eigenvalue weighted by molar-refractivity contribution is -0.128. The molecular formula is C22H22ClN3O. The molecule has 0 saturated carbocycles. The van der Waals surface area contributed by atoms with E-state index in [1.807, 2.05) is 30.3 Å². The highest BCUT2D eigenvalue weighted by atomic mass is 35.5. The summed E-state index contributed by atoms with van der Waals surface area (Å²) in [5.74, 6) is 1.08. The highest BCUT2D eigenvalue weighted by molar-refractivity contribution is 6.30. The largest absolute Gasteiger partial charge is 0.348 e. The molecule has 1 amide bonds. The van der Waals surface area contributed by atoms with Crippen molar-refractivity contribution >= 4 is 17.5 Å². The number of fused-ring (bicyclic) bond motifs is 3. The molecular weight excluding hydrogens is 358 g/mol. The third kappa shape index (κ3) is 3.37. The molecule has 0 N–H and O–H groups in total. The zero-order chi connectivity index (χ0) is 19.0. The number of para-hydroxylation sites is 1. The van der Waals surface area contributed by atoms with Crippen molar-refractivity contribution in [1.29, 1.82) is 0 Å². The van der Waals surface area contributed by atoms with Gasteiger partial charge >= 0.3 is 0 Å². The average molecular weight is 380 g/mol. The molecule has 138 valence electrons. The van der Waals surface area contributed by atoms with E-state index in [-0.39, 0.29) is 5.91 Å². The van der Waals surface area contributed by atoms with Crippen LogP contribution in [-0.4, -0.2) is 34.5 Å². The molecule has 0 radical (unpaired) electrons. The topological polar surface area (TPSA) is 38.1 Å². The first kappa shape index (κ1) is 17.8. The fraction of sp³-hybridized carbons (Fsp3) is 0.273. The number of halogens is 1. The van der Waals surface area contributed by atoms with Crippen molar-refractivity contribution in [2.75, 3.05) is 14.1 Å². The third-order valence-electron chi connectivity index (χ3n) is 5.06. The Bertz CT molecular complexity index is 989. The van der Waals surface area contributed by atoms with Gasteiger partial charge in [-0.05, 0) is 36.6 Å². The average Bonchev–Trinajstić information content (AvgIpc) is 2.90. The molecule has 0 bridgehead atoms. The van der Waals surface area contributed by atoms with Crippen LogP contribution in [0.3, 0.4) is 0 Å². The molecule has 0 saturated heterocycles. The Kier molecular flexibility index (Phi) is 4.75. The van der Waals surface area contributed by atoms with E-state index in [1.165, 1.54) is 5.56 Å². The zero-order valence-corrected chi connectivity index (χ0v) is 16.3. The molecule has 27 heavy (non-hydrogen) atoms. The molecule has 1 aliphatic rings. The summed E-state index contributed by atoms with van der Waals surface area (Å²) in [4.78, 5) is 19.2. The Balaban J connectivity index is 1.94. The summed E-state index contributed by atoms with van der Waals surface area (Å²) in [7, 11) is 3.58. The number of aryl methyl sites for hydroxylation is 2. The molecule has 3 aromatic rings. The van der Waals surface area contributed by atoms with Crippen LogP contribution in [0.15, 0.2) is 48.5 Å². The summed E-state index contributed by atoms with van der Waals surface area (Å²) in [5.41, 5.74) is 5.24. The number of hydrogen-bond donors (Lipinski definition) is 0. The molecule has 0 unspecified atom stereocenters. The zero-order valence-electron chi connectivity index (χ0n) is 15.6. The van der Waals surface area contributed by atoms with Gasteiger partial charge in [0, 0.05) is 31.1 Å². The van der Waals surface area contributed by atoms with E-state index in [4.69, 9.17) is 16.6 Å². The van der Waals surface area contributed by atoms with Crippen LogP contribution < -0.4 is 0 Å². The van der Waals surface area contributed by atoms with Gasteiger partial charge in [-0.2, -0.15) is 0 Å².